The Morgan fingerprint density at radius 3 is 2.90 bits per heavy atom. The van der Waals surface area contributed by atoms with E-state index in [1.54, 1.807) is 17.3 Å². The molecule has 7 heteroatoms. The van der Waals surface area contributed by atoms with E-state index in [9.17, 15) is 0 Å². The number of nitrogens with zero attached hydrogens (tertiary/aromatic N) is 4. The summed E-state index contributed by atoms with van der Waals surface area (Å²) in [5.41, 5.74) is 3.91. The van der Waals surface area contributed by atoms with Crippen molar-refractivity contribution in [2.75, 3.05) is 0 Å². The Hall–Kier alpha value is -1.44. The van der Waals surface area contributed by atoms with Gasteiger partial charge >= 0.3 is 0 Å². The maximum atomic E-state index is 4.71. The second-order valence-electron chi connectivity index (χ2n) is 5.70. The molecule has 0 unspecified atom stereocenters. The van der Waals surface area contributed by atoms with Gasteiger partial charge in [-0.2, -0.15) is 0 Å². The number of aromatic nitrogens is 4. The van der Waals surface area contributed by atoms with Gasteiger partial charge in [-0.15, -0.1) is 10.2 Å². The van der Waals surface area contributed by atoms with Gasteiger partial charge in [0.05, 0.1) is 5.69 Å². The molecule has 21 heavy (non-hydrogen) atoms. The molecule has 3 aromatic heterocycles. The molecule has 0 fully saturated rings. The van der Waals surface area contributed by atoms with Crippen LogP contribution in [0.3, 0.4) is 0 Å². The number of hydrogen-bond donors (Lipinski definition) is 1. The van der Waals surface area contributed by atoms with E-state index in [1.165, 1.54) is 11.3 Å². The lowest BCUT2D eigenvalue weighted by Crippen LogP contribution is -2.35. The standard InChI is InChI=1S/C14H17N5S2/c1-14(2,3)15-8-10-12(21-13-18-16-9-20-13)17-11-6-4-5-7-19(10)11/h4-7,9,15H,8H2,1-3H3. The van der Waals surface area contributed by atoms with Gasteiger partial charge in [-0.1, -0.05) is 17.4 Å². The molecule has 0 aliphatic heterocycles. The first-order valence-electron chi connectivity index (χ1n) is 6.68. The number of fused-ring (bicyclic) bond motifs is 1. The van der Waals surface area contributed by atoms with E-state index in [2.05, 4.69) is 40.7 Å². The number of nitrogens with one attached hydrogen (secondary N) is 1. The van der Waals surface area contributed by atoms with Crippen molar-refractivity contribution in [1.82, 2.24) is 24.9 Å². The first-order chi connectivity index (χ1) is 10.0. The van der Waals surface area contributed by atoms with Gasteiger partial charge in [0.1, 0.15) is 16.2 Å². The topological polar surface area (TPSA) is 55.1 Å². The number of pyridine rings is 1. The van der Waals surface area contributed by atoms with E-state index in [4.69, 9.17) is 4.98 Å². The predicted molar refractivity (Wildman–Crippen MR) is 85.8 cm³/mol. The summed E-state index contributed by atoms with van der Waals surface area (Å²) in [5, 5.41) is 12.5. The highest BCUT2D eigenvalue weighted by Gasteiger charge is 2.17. The Labute approximate surface area is 131 Å². The lowest BCUT2D eigenvalue weighted by Gasteiger charge is -2.20. The van der Waals surface area contributed by atoms with Crippen LogP contribution in [0, 0.1) is 0 Å². The van der Waals surface area contributed by atoms with Gasteiger partial charge in [0.2, 0.25) is 0 Å². The van der Waals surface area contributed by atoms with Crippen molar-refractivity contribution in [2.45, 2.75) is 42.2 Å². The number of imidazole rings is 1. The summed E-state index contributed by atoms with van der Waals surface area (Å²) in [4.78, 5) is 4.71. The molecule has 110 valence electrons. The first kappa shape index (κ1) is 14.5. The third-order valence-corrected chi connectivity index (χ3v) is 4.70. The van der Waals surface area contributed by atoms with Gasteiger partial charge in [0.15, 0.2) is 4.34 Å². The summed E-state index contributed by atoms with van der Waals surface area (Å²) < 4.78 is 3.04. The fraction of sp³-hybridized carbons (Fsp3) is 0.357. The number of hydrogen-bond acceptors (Lipinski definition) is 6. The van der Waals surface area contributed by atoms with Crippen molar-refractivity contribution >= 4 is 28.7 Å². The molecule has 0 atom stereocenters. The van der Waals surface area contributed by atoms with E-state index in [0.29, 0.717) is 0 Å². The molecule has 0 bridgehead atoms. The molecule has 3 rings (SSSR count). The molecule has 0 saturated heterocycles. The van der Waals surface area contributed by atoms with E-state index in [-0.39, 0.29) is 5.54 Å². The Kier molecular flexibility index (Phi) is 3.97. The molecular formula is C14H17N5S2. The van der Waals surface area contributed by atoms with E-state index < -0.39 is 0 Å². The second kappa shape index (κ2) is 5.75. The summed E-state index contributed by atoms with van der Waals surface area (Å²) in [6, 6.07) is 6.04. The maximum absolute atomic E-state index is 4.71. The van der Waals surface area contributed by atoms with Crippen LogP contribution in [-0.2, 0) is 6.54 Å². The summed E-state index contributed by atoms with van der Waals surface area (Å²) >= 11 is 3.10. The minimum absolute atomic E-state index is 0.0591. The quantitative estimate of drug-likeness (QED) is 0.800. The Morgan fingerprint density at radius 2 is 2.19 bits per heavy atom. The van der Waals surface area contributed by atoms with Crippen molar-refractivity contribution in [2.24, 2.45) is 0 Å². The largest absolute Gasteiger partial charge is 0.306 e. The van der Waals surface area contributed by atoms with E-state index >= 15 is 0 Å². The third-order valence-electron chi connectivity index (χ3n) is 2.90. The summed E-state index contributed by atoms with van der Waals surface area (Å²) in [6.07, 6.45) is 2.05. The van der Waals surface area contributed by atoms with Crippen LogP contribution >= 0.6 is 23.1 Å². The summed E-state index contributed by atoms with van der Waals surface area (Å²) in [6.45, 7) is 7.24. The van der Waals surface area contributed by atoms with Crippen LogP contribution in [0.25, 0.3) is 5.65 Å². The van der Waals surface area contributed by atoms with Gasteiger partial charge in [0.25, 0.3) is 0 Å². The second-order valence-corrected chi connectivity index (χ2v) is 7.77. The molecule has 1 N–H and O–H groups in total. The highest BCUT2D eigenvalue weighted by molar-refractivity contribution is 8.01. The fourth-order valence-corrected chi connectivity index (χ4v) is 3.42. The molecule has 0 amide bonds. The maximum Gasteiger partial charge on any atom is 0.180 e. The molecule has 3 heterocycles. The predicted octanol–water partition coefficient (Wildman–Crippen LogP) is 3.23. The minimum Gasteiger partial charge on any atom is -0.306 e. The molecule has 0 spiro atoms. The van der Waals surface area contributed by atoms with Gasteiger partial charge in [-0.25, -0.2) is 4.98 Å². The van der Waals surface area contributed by atoms with Gasteiger partial charge < -0.3 is 9.72 Å². The Bertz CT molecular complexity index is 727. The van der Waals surface area contributed by atoms with Crippen molar-refractivity contribution in [3.05, 3.63) is 35.6 Å². The smallest absolute Gasteiger partial charge is 0.180 e. The van der Waals surface area contributed by atoms with Gasteiger partial charge in [-0.05, 0) is 44.7 Å². The van der Waals surface area contributed by atoms with Gasteiger partial charge in [-0.3, -0.25) is 0 Å². The highest BCUT2D eigenvalue weighted by atomic mass is 32.2. The molecule has 3 aromatic rings. The normalized spacial score (nSPS) is 12.1. The zero-order chi connectivity index (χ0) is 14.9. The third kappa shape index (κ3) is 3.42. The lowest BCUT2D eigenvalue weighted by molar-refractivity contribution is 0.418. The zero-order valence-corrected chi connectivity index (χ0v) is 13.8. The molecule has 0 radical (unpaired) electrons. The highest BCUT2D eigenvalue weighted by Crippen LogP contribution is 2.31. The SMILES string of the molecule is CC(C)(C)NCc1c(Sc2nncs2)nc2ccccn12. The molecule has 0 aromatic carbocycles. The van der Waals surface area contributed by atoms with Crippen LogP contribution < -0.4 is 5.32 Å². The van der Waals surface area contributed by atoms with Crippen LogP contribution in [-0.4, -0.2) is 25.1 Å². The number of rotatable bonds is 4. The van der Waals surface area contributed by atoms with Crippen LogP contribution in [0.4, 0.5) is 0 Å². The fourth-order valence-electron chi connectivity index (χ4n) is 1.91. The van der Waals surface area contributed by atoms with Crippen molar-refractivity contribution in [3.8, 4) is 0 Å². The van der Waals surface area contributed by atoms with Crippen molar-refractivity contribution < 1.29 is 0 Å². The first-order valence-corrected chi connectivity index (χ1v) is 8.37. The zero-order valence-electron chi connectivity index (χ0n) is 12.2. The summed E-state index contributed by atoms with van der Waals surface area (Å²) in [5.74, 6) is 0. The van der Waals surface area contributed by atoms with E-state index in [0.717, 1.165) is 27.3 Å². The monoisotopic (exact) mass is 319 g/mol. The van der Waals surface area contributed by atoms with Crippen LogP contribution in [0.1, 0.15) is 26.5 Å². The summed E-state index contributed by atoms with van der Waals surface area (Å²) in [7, 11) is 0. The average molecular weight is 319 g/mol. The van der Waals surface area contributed by atoms with Gasteiger partial charge in [0, 0.05) is 18.3 Å². The minimum atomic E-state index is 0.0591. The van der Waals surface area contributed by atoms with Crippen molar-refractivity contribution in [3.63, 3.8) is 0 Å². The molecule has 0 aliphatic carbocycles. The Balaban J connectivity index is 1.97. The molecule has 0 saturated carbocycles. The van der Waals surface area contributed by atoms with E-state index in [1.807, 2.05) is 24.4 Å². The van der Waals surface area contributed by atoms with Crippen molar-refractivity contribution in [1.29, 1.82) is 0 Å². The van der Waals surface area contributed by atoms with Crippen LogP contribution in [0.15, 0.2) is 39.3 Å². The van der Waals surface area contributed by atoms with Crippen LogP contribution in [0.2, 0.25) is 0 Å². The molecule has 5 nitrogen and oxygen atoms in total. The lowest BCUT2D eigenvalue weighted by atomic mass is 10.1. The molecular weight excluding hydrogens is 302 g/mol. The Morgan fingerprint density at radius 1 is 1.33 bits per heavy atom. The average Bonchev–Trinajstić information content (AvgIpc) is 3.03. The van der Waals surface area contributed by atoms with Crippen LogP contribution in [0.5, 0.6) is 0 Å². The molecule has 0 aliphatic rings.